The van der Waals surface area contributed by atoms with Gasteiger partial charge >= 0.3 is 0 Å². The highest BCUT2D eigenvalue weighted by Gasteiger charge is 2.59. The van der Waals surface area contributed by atoms with Gasteiger partial charge < -0.3 is 5.11 Å². The predicted molar refractivity (Wildman–Crippen MR) is 81.8 cm³/mol. The molecule has 0 saturated carbocycles. The Morgan fingerprint density at radius 2 is 1.67 bits per heavy atom. The Labute approximate surface area is 125 Å². The summed E-state index contributed by atoms with van der Waals surface area (Å²) in [5.41, 5.74) is -0.345. The van der Waals surface area contributed by atoms with E-state index in [2.05, 4.69) is 0 Å². The quantitative estimate of drug-likeness (QED) is 0.796. The van der Waals surface area contributed by atoms with Crippen LogP contribution in [0.15, 0.2) is 48.3 Å². The van der Waals surface area contributed by atoms with E-state index in [1.54, 1.807) is 26.0 Å². The van der Waals surface area contributed by atoms with Crippen LogP contribution in [-0.2, 0) is 5.41 Å². The van der Waals surface area contributed by atoms with Gasteiger partial charge in [0, 0.05) is 0 Å². The maximum atomic E-state index is 14.9. The highest BCUT2D eigenvalue weighted by Crippen LogP contribution is 2.53. The molecular formula is C18H22F2O. The van der Waals surface area contributed by atoms with Crippen LogP contribution in [0.25, 0.3) is 0 Å². The maximum Gasteiger partial charge on any atom is 0.283 e. The molecule has 0 aliphatic heterocycles. The number of hydrogen-bond acceptors (Lipinski definition) is 1. The van der Waals surface area contributed by atoms with E-state index in [1.165, 1.54) is 12.2 Å². The van der Waals surface area contributed by atoms with E-state index in [9.17, 15) is 13.9 Å². The Hall–Kier alpha value is -1.64. The Kier molecular flexibility index (Phi) is 3.96. The highest BCUT2D eigenvalue weighted by molar-refractivity contribution is 5.49. The lowest BCUT2D eigenvalue weighted by Gasteiger charge is -2.45. The van der Waals surface area contributed by atoms with Crippen molar-refractivity contribution in [3.63, 3.8) is 0 Å². The Morgan fingerprint density at radius 3 is 2.19 bits per heavy atom. The fourth-order valence-electron chi connectivity index (χ4n) is 3.36. The van der Waals surface area contributed by atoms with Crippen LogP contribution < -0.4 is 0 Å². The van der Waals surface area contributed by atoms with Gasteiger partial charge in [0.2, 0.25) is 0 Å². The molecule has 0 radical (unpaired) electrons. The number of benzene rings is 1. The number of alkyl halides is 2. The second kappa shape index (κ2) is 5.28. The van der Waals surface area contributed by atoms with E-state index in [0.717, 1.165) is 11.6 Å². The zero-order valence-corrected chi connectivity index (χ0v) is 12.9. The second-order valence-electron chi connectivity index (χ2n) is 6.24. The molecule has 1 N–H and O–H groups in total. The summed E-state index contributed by atoms with van der Waals surface area (Å²) in [6, 6.07) is 7.19. The Balaban J connectivity index is 2.82. The van der Waals surface area contributed by atoms with Gasteiger partial charge in [-0.2, -0.15) is 0 Å². The summed E-state index contributed by atoms with van der Waals surface area (Å²) in [5, 5.41) is 10.4. The highest BCUT2D eigenvalue weighted by atomic mass is 19.3. The SMILES string of the molecule is CC(C)c1ccccc1C1(C(C)C)C(O)=CC=CC1(F)F. The van der Waals surface area contributed by atoms with Gasteiger partial charge in [-0.3, -0.25) is 0 Å². The first-order chi connectivity index (χ1) is 9.75. The largest absolute Gasteiger partial charge is 0.511 e. The molecule has 1 nitrogen and oxygen atoms in total. The number of aliphatic hydroxyl groups is 1. The van der Waals surface area contributed by atoms with E-state index in [0.29, 0.717) is 5.56 Å². The average molecular weight is 292 g/mol. The molecule has 21 heavy (non-hydrogen) atoms. The van der Waals surface area contributed by atoms with Gasteiger partial charge in [-0.1, -0.05) is 58.0 Å². The summed E-state index contributed by atoms with van der Waals surface area (Å²) >= 11 is 0. The molecule has 1 aromatic carbocycles. The van der Waals surface area contributed by atoms with E-state index in [1.807, 2.05) is 26.0 Å². The van der Waals surface area contributed by atoms with Crippen LogP contribution >= 0.6 is 0 Å². The van der Waals surface area contributed by atoms with E-state index in [4.69, 9.17) is 0 Å². The van der Waals surface area contributed by atoms with Crippen LogP contribution in [0, 0.1) is 5.92 Å². The first-order valence-electron chi connectivity index (χ1n) is 7.31. The van der Waals surface area contributed by atoms with Crippen LogP contribution in [0.2, 0.25) is 0 Å². The fourth-order valence-corrected chi connectivity index (χ4v) is 3.36. The van der Waals surface area contributed by atoms with Gasteiger partial charge in [0.05, 0.1) is 0 Å². The van der Waals surface area contributed by atoms with Gasteiger partial charge in [-0.05, 0) is 35.1 Å². The second-order valence-corrected chi connectivity index (χ2v) is 6.24. The van der Waals surface area contributed by atoms with Crippen molar-refractivity contribution in [2.45, 2.75) is 45.0 Å². The summed E-state index contributed by atoms with van der Waals surface area (Å²) < 4.78 is 29.7. The molecule has 1 aromatic rings. The van der Waals surface area contributed by atoms with Crippen molar-refractivity contribution < 1.29 is 13.9 Å². The number of rotatable bonds is 3. The number of halogens is 2. The monoisotopic (exact) mass is 292 g/mol. The van der Waals surface area contributed by atoms with Crippen LogP contribution in [0.3, 0.4) is 0 Å². The normalized spacial score (nSPS) is 24.5. The molecule has 0 spiro atoms. The molecule has 0 amide bonds. The third kappa shape index (κ3) is 2.19. The zero-order valence-electron chi connectivity index (χ0n) is 12.9. The first kappa shape index (κ1) is 15.7. The van der Waals surface area contributed by atoms with Crippen molar-refractivity contribution in [1.29, 1.82) is 0 Å². The van der Waals surface area contributed by atoms with Gasteiger partial charge in [-0.25, -0.2) is 8.78 Å². The van der Waals surface area contributed by atoms with Crippen LogP contribution in [0.1, 0.15) is 44.7 Å². The number of hydrogen-bond donors (Lipinski definition) is 1. The van der Waals surface area contributed by atoms with E-state index >= 15 is 0 Å². The molecule has 0 aromatic heterocycles. The lowest BCUT2D eigenvalue weighted by atomic mass is 9.62. The third-order valence-corrected chi connectivity index (χ3v) is 4.36. The smallest absolute Gasteiger partial charge is 0.283 e. The molecule has 2 rings (SSSR count). The molecule has 114 valence electrons. The van der Waals surface area contributed by atoms with Crippen molar-refractivity contribution in [1.82, 2.24) is 0 Å². The van der Waals surface area contributed by atoms with Gasteiger partial charge in [0.1, 0.15) is 11.2 Å². The summed E-state index contributed by atoms with van der Waals surface area (Å²) in [7, 11) is 0. The third-order valence-electron chi connectivity index (χ3n) is 4.36. The van der Waals surface area contributed by atoms with Crippen molar-refractivity contribution in [3.8, 4) is 0 Å². The standard InChI is InChI=1S/C18H22F2O/c1-12(2)14-8-5-6-9-15(14)18(13(3)4)16(21)10-7-11-17(18,19)20/h5-13,21H,1-4H3. The maximum absolute atomic E-state index is 14.9. The summed E-state index contributed by atoms with van der Waals surface area (Å²) in [6.45, 7) is 7.41. The molecule has 3 heteroatoms. The Morgan fingerprint density at radius 1 is 1.05 bits per heavy atom. The molecule has 0 heterocycles. The lowest BCUT2D eigenvalue weighted by molar-refractivity contribution is -0.0567. The molecule has 0 saturated heterocycles. The molecule has 1 aliphatic rings. The van der Waals surface area contributed by atoms with Crippen LogP contribution in [-0.4, -0.2) is 11.0 Å². The van der Waals surface area contributed by atoms with Crippen molar-refractivity contribution in [2.24, 2.45) is 5.92 Å². The fraction of sp³-hybridized carbons (Fsp3) is 0.444. The average Bonchev–Trinajstić information content (AvgIpc) is 2.38. The predicted octanol–water partition coefficient (Wildman–Crippen LogP) is 5.35. The minimum atomic E-state index is -3.13. The summed E-state index contributed by atoms with van der Waals surface area (Å²) in [4.78, 5) is 0. The van der Waals surface area contributed by atoms with Crippen LogP contribution in [0.4, 0.5) is 8.78 Å². The summed E-state index contributed by atoms with van der Waals surface area (Å²) in [5.74, 6) is -3.75. The van der Waals surface area contributed by atoms with Gasteiger partial charge in [0.15, 0.2) is 0 Å². The minimum absolute atomic E-state index is 0.103. The molecule has 0 bridgehead atoms. The molecule has 1 unspecified atom stereocenters. The lowest BCUT2D eigenvalue weighted by Crippen LogP contribution is -2.51. The van der Waals surface area contributed by atoms with Crippen molar-refractivity contribution in [2.75, 3.05) is 0 Å². The first-order valence-corrected chi connectivity index (χ1v) is 7.31. The number of allylic oxidation sites excluding steroid dienone is 4. The van der Waals surface area contributed by atoms with Crippen LogP contribution in [0.5, 0.6) is 0 Å². The molecule has 1 atom stereocenters. The van der Waals surface area contributed by atoms with Gasteiger partial charge in [0.25, 0.3) is 5.92 Å². The van der Waals surface area contributed by atoms with E-state index < -0.39 is 17.3 Å². The molecule has 0 fully saturated rings. The molecule has 1 aliphatic carbocycles. The van der Waals surface area contributed by atoms with Crippen molar-refractivity contribution in [3.05, 3.63) is 59.4 Å². The minimum Gasteiger partial charge on any atom is -0.511 e. The van der Waals surface area contributed by atoms with Crippen molar-refractivity contribution >= 4 is 0 Å². The molecular weight excluding hydrogens is 270 g/mol. The topological polar surface area (TPSA) is 20.2 Å². The Bertz CT molecular complexity index is 585. The number of aliphatic hydroxyl groups excluding tert-OH is 1. The summed E-state index contributed by atoms with van der Waals surface area (Å²) in [6.07, 6.45) is 3.51. The van der Waals surface area contributed by atoms with E-state index in [-0.39, 0.29) is 11.7 Å². The van der Waals surface area contributed by atoms with Gasteiger partial charge in [-0.15, -0.1) is 0 Å². The zero-order chi connectivity index (χ0) is 15.8.